The number of ether oxygens (including phenoxy) is 1. The summed E-state index contributed by atoms with van der Waals surface area (Å²) in [6.07, 6.45) is 1.09. The fraction of sp³-hybridized carbons (Fsp3) is 0.308. The van der Waals surface area contributed by atoms with Crippen LogP contribution >= 0.6 is 0 Å². The van der Waals surface area contributed by atoms with Gasteiger partial charge in [-0.3, -0.25) is 9.59 Å². The Balaban J connectivity index is 1.28. The van der Waals surface area contributed by atoms with Gasteiger partial charge in [0.1, 0.15) is 5.75 Å². The van der Waals surface area contributed by atoms with Gasteiger partial charge in [-0.2, -0.15) is 0 Å². The van der Waals surface area contributed by atoms with Crippen LogP contribution in [0.25, 0.3) is 0 Å². The van der Waals surface area contributed by atoms with Gasteiger partial charge in [0.25, 0.3) is 11.5 Å². The average molecular weight is 445 g/mol. The van der Waals surface area contributed by atoms with Gasteiger partial charge in [-0.1, -0.05) is 18.2 Å². The molecule has 7 heteroatoms. The smallest absolute Gasteiger partial charge is 0.251 e. The minimum absolute atomic E-state index is 0.0835. The molecule has 2 atom stereocenters. The molecule has 5 rings (SSSR count). The van der Waals surface area contributed by atoms with Gasteiger partial charge >= 0.3 is 0 Å². The molecule has 2 aromatic carbocycles. The number of pyridine rings is 1. The van der Waals surface area contributed by atoms with E-state index < -0.39 is 0 Å². The molecule has 0 radical (unpaired) electrons. The quantitative estimate of drug-likeness (QED) is 0.591. The van der Waals surface area contributed by atoms with Crippen LogP contribution in [0.1, 0.15) is 34.0 Å². The second-order valence-electron chi connectivity index (χ2n) is 8.91. The molecule has 3 heterocycles. The lowest BCUT2D eigenvalue weighted by Crippen LogP contribution is -2.47. The lowest BCUT2D eigenvalue weighted by molar-refractivity contribution is 0.0951. The molecule has 1 aromatic heterocycles. The summed E-state index contributed by atoms with van der Waals surface area (Å²) in [4.78, 5) is 27.2. The number of fused-ring (bicyclic) bond motifs is 4. The summed E-state index contributed by atoms with van der Waals surface area (Å²) in [6.45, 7) is 2.84. The van der Waals surface area contributed by atoms with Crippen LogP contribution in [0.2, 0.25) is 0 Å². The van der Waals surface area contributed by atoms with Gasteiger partial charge in [0.15, 0.2) is 0 Å². The molecular formula is C26H28N4O3. The minimum atomic E-state index is -0.159. The first kappa shape index (κ1) is 21.1. The van der Waals surface area contributed by atoms with Crippen molar-refractivity contribution in [1.29, 1.82) is 0 Å². The summed E-state index contributed by atoms with van der Waals surface area (Å²) in [7, 11) is 1.63. The van der Waals surface area contributed by atoms with Gasteiger partial charge < -0.3 is 25.3 Å². The Morgan fingerprint density at radius 3 is 2.67 bits per heavy atom. The summed E-state index contributed by atoms with van der Waals surface area (Å²) < 4.78 is 7.09. The Morgan fingerprint density at radius 1 is 1.09 bits per heavy atom. The molecule has 33 heavy (non-hydrogen) atoms. The van der Waals surface area contributed by atoms with Crippen LogP contribution in [-0.2, 0) is 13.1 Å². The van der Waals surface area contributed by atoms with E-state index in [4.69, 9.17) is 10.5 Å². The van der Waals surface area contributed by atoms with Crippen molar-refractivity contribution in [3.05, 3.63) is 87.8 Å². The number of benzene rings is 2. The summed E-state index contributed by atoms with van der Waals surface area (Å²) in [6, 6.07) is 18.7. The number of hydrogen-bond donors (Lipinski definition) is 2. The number of carbonyl (C=O) groups excluding carboxylic acids is 1. The molecular weight excluding hydrogens is 416 g/mol. The van der Waals surface area contributed by atoms with E-state index in [2.05, 4.69) is 16.3 Å². The Bertz CT molecular complexity index is 1240. The Morgan fingerprint density at radius 2 is 1.91 bits per heavy atom. The maximum Gasteiger partial charge on any atom is 0.251 e. The van der Waals surface area contributed by atoms with E-state index in [0.29, 0.717) is 29.6 Å². The van der Waals surface area contributed by atoms with Crippen molar-refractivity contribution in [2.24, 2.45) is 5.92 Å². The topological polar surface area (TPSA) is 89.6 Å². The lowest BCUT2D eigenvalue weighted by Gasteiger charge is -2.44. The summed E-state index contributed by atoms with van der Waals surface area (Å²) >= 11 is 0. The van der Waals surface area contributed by atoms with Crippen molar-refractivity contribution >= 4 is 17.3 Å². The highest BCUT2D eigenvalue weighted by atomic mass is 16.5. The molecule has 170 valence electrons. The van der Waals surface area contributed by atoms with Crippen molar-refractivity contribution < 1.29 is 9.53 Å². The molecule has 1 saturated heterocycles. The van der Waals surface area contributed by atoms with Gasteiger partial charge in [0, 0.05) is 49.4 Å². The van der Waals surface area contributed by atoms with Crippen LogP contribution in [0.15, 0.2) is 65.5 Å². The molecule has 2 aliphatic heterocycles. The summed E-state index contributed by atoms with van der Waals surface area (Å²) in [5.41, 5.74) is 10.7. The van der Waals surface area contributed by atoms with Crippen molar-refractivity contribution in [3.63, 3.8) is 0 Å². The number of nitrogen functional groups attached to an aromatic ring is 1. The van der Waals surface area contributed by atoms with Crippen LogP contribution in [0.4, 0.5) is 11.4 Å². The van der Waals surface area contributed by atoms with Crippen molar-refractivity contribution in [2.45, 2.75) is 25.4 Å². The molecule has 3 N–H and O–H groups in total. The average Bonchev–Trinajstić information content (AvgIpc) is 2.83. The van der Waals surface area contributed by atoms with E-state index >= 15 is 0 Å². The zero-order chi connectivity index (χ0) is 22.9. The number of carbonyl (C=O) groups is 1. The number of aromatic nitrogens is 1. The predicted octanol–water partition coefficient (Wildman–Crippen LogP) is 2.99. The minimum Gasteiger partial charge on any atom is -0.497 e. The highest BCUT2D eigenvalue weighted by molar-refractivity contribution is 5.96. The third kappa shape index (κ3) is 4.18. The number of amides is 1. The predicted molar refractivity (Wildman–Crippen MR) is 129 cm³/mol. The third-order valence-corrected chi connectivity index (χ3v) is 6.72. The number of rotatable bonds is 5. The largest absolute Gasteiger partial charge is 0.497 e. The SMILES string of the molecule is COc1ccc(CNC(=O)c2ccc(N3CC4CC(C3)c3cccc(=O)n3C4)c(N)c2)cc1. The molecule has 0 spiro atoms. The van der Waals surface area contributed by atoms with Gasteiger partial charge in [-0.05, 0) is 54.3 Å². The van der Waals surface area contributed by atoms with Crippen LogP contribution in [0, 0.1) is 5.92 Å². The molecule has 7 nitrogen and oxygen atoms in total. The Kier molecular flexibility index (Phi) is 5.54. The first-order valence-corrected chi connectivity index (χ1v) is 11.3. The van der Waals surface area contributed by atoms with Crippen LogP contribution in [0.3, 0.4) is 0 Å². The second-order valence-corrected chi connectivity index (χ2v) is 8.91. The van der Waals surface area contributed by atoms with E-state index in [0.717, 1.165) is 48.7 Å². The van der Waals surface area contributed by atoms with E-state index in [1.807, 2.05) is 47.0 Å². The molecule has 1 fully saturated rings. The van der Waals surface area contributed by atoms with Crippen LogP contribution < -0.4 is 26.2 Å². The van der Waals surface area contributed by atoms with Crippen LogP contribution in [0.5, 0.6) is 5.75 Å². The third-order valence-electron chi connectivity index (χ3n) is 6.72. The Hall–Kier alpha value is -3.74. The summed E-state index contributed by atoms with van der Waals surface area (Å²) in [5, 5.41) is 2.95. The number of nitrogens with zero attached hydrogens (tertiary/aromatic N) is 2. The fourth-order valence-corrected chi connectivity index (χ4v) is 5.10. The monoisotopic (exact) mass is 444 g/mol. The van der Waals surface area contributed by atoms with Gasteiger partial charge in [0.05, 0.1) is 18.5 Å². The van der Waals surface area contributed by atoms with E-state index in [9.17, 15) is 9.59 Å². The fourth-order valence-electron chi connectivity index (χ4n) is 5.10. The second kappa shape index (κ2) is 8.65. The number of piperidine rings is 1. The first-order chi connectivity index (χ1) is 16.0. The highest BCUT2D eigenvalue weighted by Crippen LogP contribution is 2.38. The zero-order valence-electron chi connectivity index (χ0n) is 18.7. The number of anilines is 2. The normalized spacial score (nSPS) is 19.0. The number of hydrogen-bond acceptors (Lipinski definition) is 5. The van der Waals surface area contributed by atoms with Gasteiger partial charge in [0.2, 0.25) is 0 Å². The molecule has 3 aromatic rings. The number of methoxy groups -OCH3 is 1. The lowest BCUT2D eigenvalue weighted by atomic mass is 9.83. The van der Waals surface area contributed by atoms with E-state index in [-0.39, 0.29) is 11.5 Å². The number of nitrogens with two attached hydrogens (primary N) is 1. The summed E-state index contributed by atoms with van der Waals surface area (Å²) in [5.74, 6) is 1.33. The van der Waals surface area contributed by atoms with Crippen LogP contribution in [-0.4, -0.2) is 30.7 Å². The van der Waals surface area contributed by atoms with E-state index in [1.54, 1.807) is 19.2 Å². The van der Waals surface area contributed by atoms with E-state index in [1.165, 1.54) is 0 Å². The first-order valence-electron chi connectivity index (χ1n) is 11.3. The van der Waals surface area contributed by atoms with Gasteiger partial charge in [-0.25, -0.2) is 0 Å². The maximum absolute atomic E-state index is 12.7. The Labute approximate surface area is 192 Å². The zero-order valence-corrected chi connectivity index (χ0v) is 18.7. The molecule has 2 aliphatic rings. The standard InChI is InChI=1S/C26H28N4O3/c1-33-21-8-5-17(6-9-21)13-28-26(32)19-7-10-24(22(27)12-19)29-14-18-11-20(16-29)23-3-2-4-25(31)30(23)15-18/h2-10,12,18,20H,11,13-16,27H2,1H3,(H,28,32). The maximum atomic E-state index is 12.7. The molecule has 0 aliphatic carbocycles. The molecule has 1 amide bonds. The van der Waals surface area contributed by atoms with Gasteiger partial charge in [-0.15, -0.1) is 0 Å². The van der Waals surface area contributed by atoms with Crippen molar-refractivity contribution in [3.8, 4) is 5.75 Å². The molecule has 2 unspecified atom stereocenters. The highest BCUT2D eigenvalue weighted by Gasteiger charge is 2.35. The molecule has 0 saturated carbocycles. The number of nitrogens with one attached hydrogen (secondary N) is 1. The van der Waals surface area contributed by atoms with Crippen molar-refractivity contribution in [1.82, 2.24) is 9.88 Å². The van der Waals surface area contributed by atoms with Crippen molar-refractivity contribution in [2.75, 3.05) is 30.8 Å². The molecule has 2 bridgehead atoms.